The SMILES string of the molecule is CC(C)N=c1cc2n(-c3ccc(Cl)cc3)c3ccccc3nc-2cc1Nc1ccc(Cl)cc1.Nc1ccc(C(=O)O)cc1. The smallest absolute Gasteiger partial charge is 0.335 e. The van der Waals surface area contributed by atoms with E-state index in [0.29, 0.717) is 15.7 Å². The van der Waals surface area contributed by atoms with E-state index in [9.17, 15) is 4.79 Å². The van der Waals surface area contributed by atoms with Gasteiger partial charge in [0.25, 0.3) is 0 Å². The lowest BCUT2D eigenvalue weighted by Crippen LogP contribution is -2.16. The molecule has 1 aliphatic carbocycles. The molecule has 0 aromatic heterocycles. The van der Waals surface area contributed by atoms with E-state index >= 15 is 0 Å². The molecule has 0 spiro atoms. The Kier molecular flexibility index (Phi) is 8.95. The number of benzene rings is 5. The average molecular weight is 611 g/mol. The van der Waals surface area contributed by atoms with E-state index in [2.05, 4.69) is 41.9 Å². The zero-order valence-electron chi connectivity index (χ0n) is 23.5. The van der Waals surface area contributed by atoms with Crippen molar-refractivity contribution in [2.45, 2.75) is 19.9 Å². The summed E-state index contributed by atoms with van der Waals surface area (Å²) in [7, 11) is 0. The summed E-state index contributed by atoms with van der Waals surface area (Å²) in [5.74, 6) is -0.931. The molecule has 0 saturated heterocycles. The number of nitrogens with two attached hydrogens (primary N) is 1. The van der Waals surface area contributed by atoms with Gasteiger partial charge in [0.15, 0.2) is 0 Å². The molecule has 1 aliphatic heterocycles. The molecule has 0 fully saturated rings. The Morgan fingerprint density at radius 1 is 0.884 bits per heavy atom. The van der Waals surface area contributed by atoms with Gasteiger partial charge < -0.3 is 20.7 Å². The van der Waals surface area contributed by atoms with E-state index < -0.39 is 5.97 Å². The number of hydrogen-bond donors (Lipinski definition) is 3. The number of carbonyl (C=O) groups is 1. The molecule has 4 N–H and O–H groups in total. The maximum Gasteiger partial charge on any atom is 0.335 e. The molecule has 6 rings (SSSR count). The number of nitrogen functional groups attached to an aromatic ring is 1. The molecule has 4 aromatic rings. The van der Waals surface area contributed by atoms with Crippen molar-refractivity contribution >= 4 is 57.3 Å². The van der Waals surface area contributed by atoms with Crippen LogP contribution in [-0.2, 0) is 0 Å². The number of rotatable bonds is 5. The minimum absolute atomic E-state index is 0.130. The topological polar surface area (TPSA) is 106 Å². The maximum atomic E-state index is 10.3. The van der Waals surface area contributed by atoms with Crippen LogP contribution >= 0.6 is 23.2 Å². The molecule has 0 saturated carbocycles. The van der Waals surface area contributed by atoms with Crippen molar-refractivity contribution in [1.29, 1.82) is 0 Å². The first-order valence-electron chi connectivity index (χ1n) is 13.5. The standard InChI is InChI=1S/C27H22Cl2N4.C7H7NO2/c1-17(2)30-24-16-27-25(15-23(24)31-20-11-7-18(28)8-12-20)32-22-5-3-4-6-26(22)33(27)21-13-9-19(29)10-14-21;8-6-3-1-5(2-4-6)7(9)10/h3-17,31H,1-2H3;1-4H,8H2,(H,9,10). The molecule has 0 radical (unpaired) electrons. The molecule has 0 atom stereocenters. The van der Waals surface area contributed by atoms with Crippen LogP contribution in [0.3, 0.4) is 0 Å². The number of nitrogens with zero attached hydrogens (tertiary/aromatic N) is 3. The number of aromatic carboxylic acids is 1. The van der Waals surface area contributed by atoms with Crippen LogP contribution in [0.25, 0.3) is 28.1 Å². The number of para-hydroxylation sites is 2. The van der Waals surface area contributed by atoms with E-state index in [1.54, 1.807) is 12.1 Å². The lowest BCUT2D eigenvalue weighted by molar-refractivity contribution is 0.0697. The van der Waals surface area contributed by atoms with Crippen LogP contribution < -0.4 is 16.4 Å². The van der Waals surface area contributed by atoms with E-state index in [1.807, 2.05) is 66.7 Å². The Balaban J connectivity index is 0.000000314. The highest BCUT2D eigenvalue weighted by molar-refractivity contribution is 6.30. The largest absolute Gasteiger partial charge is 0.478 e. The molecule has 43 heavy (non-hydrogen) atoms. The summed E-state index contributed by atoms with van der Waals surface area (Å²) in [6.45, 7) is 4.14. The van der Waals surface area contributed by atoms with Crippen molar-refractivity contribution in [3.63, 3.8) is 0 Å². The Morgan fingerprint density at radius 2 is 1.51 bits per heavy atom. The van der Waals surface area contributed by atoms with E-state index in [-0.39, 0.29) is 11.6 Å². The van der Waals surface area contributed by atoms with Gasteiger partial charge >= 0.3 is 5.97 Å². The predicted molar refractivity (Wildman–Crippen MR) is 176 cm³/mol. The number of aromatic nitrogens is 2. The van der Waals surface area contributed by atoms with E-state index in [4.69, 9.17) is 44.0 Å². The number of carboxylic acid groups (broad SMARTS) is 1. The van der Waals surface area contributed by atoms with Gasteiger partial charge in [-0.05, 0) is 111 Å². The third-order valence-electron chi connectivity index (χ3n) is 6.46. The summed E-state index contributed by atoms with van der Waals surface area (Å²) in [5.41, 5.74) is 12.8. The van der Waals surface area contributed by atoms with Gasteiger partial charge in [0.05, 0.1) is 39.0 Å². The summed E-state index contributed by atoms with van der Waals surface area (Å²) in [6.07, 6.45) is 0. The lowest BCUT2D eigenvalue weighted by Gasteiger charge is -2.20. The van der Waals surface area contributed by atoms with Crippen LogP contribution in [0.15, 0.2) is 114 Å². The maximum absolute atomic E-state index is 10.3. The van der Waals surface area contributed by atoms with Crippen molar-refractivity contribution in [3.8, 4) is 17.1 Å². The number of nitrogens with one attached hydrogen (secondary N) is 1. The third kappa shape index (κ3) is 7.15. The third-order valence-corrected chi connectivity index (χ3v) is 6.96. The first-order chi connectivity index (χ1) is 20.7. The minimum atomic E-state index is -0.931. The fourth-order valence-corrected chi connectivity index (χ4v) is 4.76. The highest BCUT2D eigenvalue weighted by Crippen LogP contribution is 2.31. The van der Waals surface area contributed by atoms with Gasteiger partial charge in [-0.1, -0.05) is 35.3 Å². The highest BCUT2D eigenvalue weighted by atomic mass is 35.5. The summed E-state index contributed by atoms with van der Waals surface area (Å²) < 4.78 is 2.21. The number of carboxylic acids is 1. The average Bonchev–Trinajstić information content (AvgIpc) is 2.98. The second-order valence-electron chi connectivity index (χ2n) is 10.1. The van der Waals surface area contributed by atoms with Crippen molar-refractivity contribution in [2.24, 2.45) is 4.99 Å². The van der Waals surface area contributed by atoms with Crippen molar-refractivity contribution < 1.29 is 9.90 Å². The van der Waals surface area contributed by atoms with Crippen molar-refractivity contribution in [3.05, 3.63) is 130 Å². The van der Waals surface area contributed by atoms with Crippen LogP contribution in [0.5, 0.6) is 0 Å². The Labute approximate surface area is 259 Å². The van der Waals surface area contributed by atoms with E-state index in [0.717, 1.165) is 44.8 Å². The molecular formula is C34H29Cl2N5O2. The van der Waals surface area contributed by atoms with Gasteiger partial charge in [0, 0.05) is 33.1 Å². The Bertz CT molecular complexity index is 1920. The molecule has 216 valence electrons. The van der Waals surface area contributed by atoms with Crippen LogP contribution in [0.2, 0.25) is 10.0 Å². The second-order valence-corrected chi connectivity index (χ2v) is 10.9. The second kappa shape index (κ2) is 13.0. The molecule has 4 aromatic carbocycles. The molecule has 2 aliphatic rings. The predicted octanol–water partition coefficient (Wildman–Crippen LogP) is 8.46. The minimum Gasteiger partial charge on any atom is -0.478 e. The number of hydrogen-bond acceptors (Lipinski definition) is 5. The van der Waals surface area contributed by atoms with Crippen LogP contribution in [0, 0.1) is 0 Å². The zero-order chi connectivity index (χ0) is 30.5. The molecule has 1 heterocycles. The Hall–Kier alpha value is -4.85. The van der Waals surface area contributed by atoms with Crippen molar-refractivity contribution in [1.82, 2.24) is 9.55 Å². The molecular weight excluding hydrogens is 581 g/mol. The molecule has 9 heteroatoms. The number of fused-ring (bicyclic) bond motifs is 2. The van der Waals surface area contributed by atoms with E-state index in [1.165, 1.54) is 12.1 Å². The van der Waals surface area contributed by atoms with Crippen LogP contribution in [0.1, 0.15) is 24.2 Å². The van der Waals surface area contributed by atoms with Gasteiger partial charge in [-0.3, -0.25) is 4.99 Å². The number of anilines is 3. The molecule has 0 bridgehead atoms. The van der Waals surface area contributed by atoms with Crippen LogP contribution in [0.4, 0.5) is 17.1 Å². The number of halogens is 2. The zero-order valence-corrected chi connectivity index (χ0v) is 25.0. The summed E-state index contributed by atoms with van der Waals surface area (Å²) >= 11 is 12.2. The van der Waals surface area contributed by atoms with Gasteiger partial charge in [0.2, 0.25) is 0 Å². The van der Waals surface area contributed by atoms with Crippen molar-refractivity contribution in [2.75, 3.05) is 11.1 Å². The summed E-state index contributed by atoms with van der Waals surface area (Å²) in [4.78, 5) is 20.1. The molecule has 7 nitrogen and oxygen atoms in total. The van der Waals surface area contributed by atoms with Crippen LogP contribution in [-0.4, -0.2) is 26.7 Å². The normalized spacial score (nSPS) is 11.4. The summed E-state index contributed by atoms with van der Waals surface area (Å²) in [6, 6.07) is 34.0. The highest BCUT2D eigenvalue weighted by Gasteiger charge is 2.17. The molecule has 0 amide bonds. The van der Waals surface area contributed by atoms with Gasteiger partial charge in [-0.15, -0.1) is 0 Å². The fraction of sp³-hybridized carbons (Fsp3) is 0.0882. The lowest BCUT2D eigenvalue weighted by atomic mass is 10.1. The van der Waals surface area contributed by atoms with Gasteiger partial charge in [0.1, 0.15) is 0 Å². The summed E-state index contributed by atoms with van der Waals surface area (Å²) in [5, 5.41) is 14.2. The fourth-order valence-electron chi connectivity index (χ4n) is 4.51. The molecule has 0 unspecified atom stereocenters. The Morgan fingerprint density at radius 3 is 2.14 bits per heavy atom. The quantitative estimate of drug-likeness (QED) is 0.134. The first-order valence-corrected chi connectivity index (χ1v) is 14.3. The van der Waals surface area contributed by atoms with Gasteiger partial charge in [-0.2, -0.15) is 0 Å². The van der Waals surface area contributed by atoms with Gasteiger partial charge in [-0.25, -0.2) is 9.78 Å². The monoisotopic (exact) mass is 609 g/mol. The first kappa shape index (κ1) is 29.6.